The fraction of sp³-hybridized carbons (Fsp3) is 0.429. The molecular formula is C28H36N2O2S. The number of amides is 2. The maximum atomic E-state index is 13.8. The fourth-order valence-corrected chi connectivity index (χ4v) is 5.55. The predicted octanol–water partition coefficient (Wildman–Crippen LogP) is 6.66. The molecule has 4 rings (SSSR count). The van der Waals surface area contributed by atoms with Gasteiger partial charge in [-0.25, -0.2) is 0 Å². The van der Waals surface area contributed by atoms with Gasteiger partial charge in [0.25, 0.3) is 5.91 Å². The quantitative estimate of drug-likeness (QED) is 0.479. The van der Waals surface area contributed by atoms with Crippen LogP contribution in [0.5, 0.6) is 0 Å². The molecular weight excluding hydrogens is 428 g/mol. The van der Waals surface area contributed by atoms with E-state index in [-0.39, 0.29) is 24.3 Å². The van der Waals surface area contributed by atoms with Gasteiger partial charge in [-0.3, -0.25) is 14.5 Å². The second-order valence-electron chi connectivity index (χ2n) is 8.50. The number of carbonyl (C=O) groups is 2. The topological polar surface area (TPSA) is 40.6 Å². The molecule has 0 bridgehead atoms. The van der Waals surface area contributed by atoms with Crippen molar-refractivity contribution in [3.05, 3.63) is 76.1 Å². The van der Waals surface area contributed by atoms with Gasteiger partial charge >= 0.3 is 0 Å². The van der Waals surface area contributed by atoms with Gasteiger partial charge < -0.3 is 4.90 Å². The number of rotatable bonds is 6. The molecule has 1 aromatic heterocycles. The molecule has 2 aliphatic rings. The number of thiophene rings is 1. The maximum absolute atomic E-state index is 13.8. The zero-order valence-corrected chi connectivity index (χ0v) is 21.2. The predicted molar refractivity (Wildman–Crippen MR) is 138 cm³/mol. The Morgan fingerprint density at radius 2 is 1.79 bits per heavy atom. The Bertz CT molecular complexity index is 985. The summed E-state index contributed by atoms with van der Waals surface area (Å²) in [5.74, 6) is -0.0679. The number of hydrogen-bond acceptors (Lipinski definition) is 3. The van der Waals surface area contributed by atoms with Crippen molar-refractivity contribution in [2.24, 2.45) is 0 Å². The van der Waals surface area contributed by atoms with Crippen LogP contribution in [0.15, 0.2) is 65.7 Å². The summed E-state index contributed by atoms with van der Waals surface area (Å²) >= 11 is 1.56. The highest BCUT2D eigenvalue weighted by Gasteiger charge is 2.45. The van der Waals surface area contributed by atoms with Crippen LogP contribution in [0.2, 0.25) is 0 Å². The van der Waals surface area contributed by atoms with Gasteiger partial charge in [0, 0.05) is 27.9 Å². The highest BCUT2D eigenvalue weighted by molar-refractivity contribution is 7.10. The van der Waals surface area contributed by atoms with Crippen LogP contribution in [0, 0.1) is 6.92 Å². The van der Waals surface area contributed by atoms with E-state index >= 15 is 0 Å². The zero-order chi connectivity index (χ0) is 24.0. The van der Waals surface area contributed by atoms with Gasteiger partial charge in [-0.2, -0.15) is 0 Å². The van der Waals surface area contributed by atoms with Gasteiger partial charge in [0.1, 0.15) is 6.04 Å². The minimum atomic E-state index is -0.658. The van der Waals surface area contributed by atoms with Crippen molar-refractivity contribution < 1.29 is 9.59 Å². The van der Waals surface area contributed by atoms with E-state index in [0.29, 0.717) is 0 Å². The van der Waals surface area contributed by atoms with Gasteiger partial charge in [-0.05, 0) is 50.3 Å². The van der Waals surface area contributed by atoms with Crippen molar-refractivity contribution in [2.75, 3.05) is 4.90 Å². The highest BCUT2D eigenvalue weighted by Crippen LogP contribution is 2.37. The summed E-state index contributed by atoms with van der Waals surface area (Å²) in [7, 11) is 0. The van der Waals surface area contributed by atoms with Crippen LogP contribution in [-0.4, -0.2) is 28.8 Å². The summed E-state index contributed by atoms with van der Waals surface area (Å²) in [6.07, 6.45) is 7.61. The van der Waals surface area contributed by atoms with Crippen molar-refractivity contribution >= 4 is 28.8 Å². The van der Waals surface area contributed by atoms with E-state index < -0.39 is 6.04 Å². The molecule has 2 aromatic rings. The van der Waals surface area contributed by atoms with Crippen molar-refractivity contribution in [2.45, 2.75) is 78.3 Å². The van der Waals surface area contributed by atoms with E-state index in [1.807, 2.05) is 74.4 Å². The molecule has 33 heavy (non-hydrogen) atoms. The zero-order valence-electron chi connectivity index (χ0n) is 20.3. The number of aryl methyl sites for hydroxylation is 1. The summed E-state index contributed by atoms with van der Waals surface area (Å²) < 4.78 is 0. The summed E-state index contributed by atoms with van der Waals surface area (Å²) in [6.45, 7) is 12.0. The Balaban J connectivity index is 0.00000149. The average Bonchev–Trinajstić information content (AvgIpc) is 3.43. The molecule has 1 saturated carbocycles. The molecule has 0 saturated heterocycles. The molecule has 1 aliphatic heterocycles. The van der Waals surface area contributed by atoms with Crippen LogP contribution in [0.1, 0.15) is 63.3 Å². The Hall–Kier alpha value is -2.66. The van der Waals surface area contributed by atoms with Crippen LogP contribution in [0.4, 0.5) is 5.69 Å². The van der Waals surface area contributed by atoms with Crippen LogP contribution in [-0.2, 0) is 16.0 Å². The molecule has 2 heterocycles. The second-order valence-corrected chi connectivity index (χ2v) is 9.54. The number of nitrogens with zero attached hydrogens (tertiary/aromatic N) is 2. The molecule has 2 amide bonds. The molecule has 4 nitrogen and oxygen atoms in total. The monoisotopic (exact) mass is 464 g/mol. The Kier molecular flexibility index (Phi) is 8.67. The number of carbonyl (C=O) groups excluding carboxylic acids is 2. The lowest BCUT2D eigenvalue weighted by Gasteiger charge is -2.34. The third-order valence-electron chi connectivity index (χ3n) is 6.45. The van der Waals surface area contributed by atoms with E-state index in [4.69, 9.17) is 0 Å². The molecule has 0 N–H and O–H groups in total. The average molecular weight is 465 g/mol. The van der Waals surface area contributed by atoms with Gasteiger partial charge in [-0.15, -0.1) is 11.3 Å². The molecule has 1 atom stereocenters. The van der Waals surface area contributed by atoms with Crippen molar-refractivity contribution in [3.8, 4) is 0 Å². The van der Waals surface area contributed by atoms with Crippen molar-refractivity contribution in [1.82, 2.24) is 4.90 Å². The standard InChI is InChI=1S/C26H30N2O2S.C2H6/c1-4-23-19(3)27(20-9-6-5-7-10-20)26(30)25(23)28(21-14-12-18(2)13-15-21)24(29)17-22-11-8-16-31-22;1-2/h4,8,11-16,20,25H,1,5-7,9-10,17H2,2-3H3;1-2H3. The van der Waals surface area contributed by atoms with Crippen LogP contribution in [0.25, 0.3) is 0 Å². The van der Waals surface area contributed by atoms with E-state index in [1.54, 1.807) is 22.3 Å². The first-order valence-corrected chi connectivity index (χ1v) is 13.0. The first-order chi connectivity index (χ1) is 16.0. The SMILES string of the molecule is C=CC1=C(C)N(C2CCCCC2)C(=O)C1N(C(=O)Cc1cccs1)c1ccc(C)cc1.CC. The normalized spacial score (nSPS) is 18.7. The summed E-state index contributed by atoms with van der Waals surface area (Å²) in [6, 6.07) is 11.3. The van der Waals surface area contributed by atoms with E-state index in [2.05, 4.69) is 6.58 Å². The highest BCUT2D eigenvalue weighted by atomic mass is 32.1. The molecule has 1 aromatic carbocycles. The van der Waals surface area contributed by atoms with Gasteiger partial charge in [0.2, 0.25) is 5.91 Å². The molecule has 5 heteroatoms. The number of anilines is 1. The summed E-state index contributed by atoms with van der Waals surface area (Å²) in [5.41, 5.74) is 3.66. The molecule has 1 fully saturated rings. The van der Waals surface area contributed by atoms with Crippen molar-refractivity contribution in [1.29, 1.82) is 0 Å². The first kappa shape index (κ1) is 25.0. The Morgan fingerprint density at radius 1 is 1.12 bits per heavy atom. The Morgan fingerprint density at radius 3 is 2.36 bits per heavy atom. The summed E-state index contributed by atoms with van der Waals surface area (Å²) in [5, 5.41) is 1.98. The first-order valence-electron chi connectivity index (χ1n) is 12.1. The van der Waals surface area contributed by atoms with Gasteiger partial charge in [0.15, 0.2) is 0 Å². The third-order valence-corrected chi connectivity index (χ3v) is 7.33. The van der Waals surface area contributed by atoms with E-state index in [9.17, 15) is 9.59 Å². The molecule has 1 aliphatic carbocycles. The van der Waals surface area contributed by atoms with Gasteiger partial charge in [-0.1, -0.05) is 69.5 Å². The Labute approximate surface area is 202 Å². The fourth-order valence-electron chi connectivity index (χ4n) is 4.86. The number of hydrogen-bond donors (Lipinski definition) is 0. The lowest BCUT2D eigenvalue weighted by atomic mass is 9.94. The van der Waals surface area contributed by atoms with E-state index in [1.165, 1.54) is 6.42 Å². The maximum Gasteiger partial charge on any atom is 0.254 e. The number of allylic oxidation sites excluding steroid dienone is 1. The largest absolute Gasteiger partial charge is 0.311 e. The van der Waals surface area contributed by atoms with E-state index in [0.717, 1.165) is 53.1 Å². The molecule has 0 radical (unpaired) electrons. The number of benzene rings is 1. The van der Waals surface area contributed by atoms with Crippen LogP contribution < -0.4 is 4.90 Å². The molecule has 0 spiro atoms. The smallest absolute Gasteiger partial charge is 0.254 e. The second kappa shape index (κ2) is 11.5. The minimum absolute atomic E-state index is 0.000551. The molecule has 176 valence electrons. The van der Waals surface area contributed by atoms with Crippen molar-refractivity contribution in [3.63, 3.8) is 0 Å². The minimum Gasteiger partial charge on any atom is -0.311 e. The van der Waals surface area contributed by atoms with Crippen LogP contribution in [0.3, 0.4) is 0 Å². The third kappa shape index (κ3) is 5.30. The lowest BCUT2D eigenvalue weighted by Crippen LogP contribution is -2.50. The van der Waals surface area contributed by atoms with Crippen LogP contribution >= 0.6 is 11.3 Å². The summed E-state index contributed by atoms with van der Waals surface area (Å²) in [4.78, 5) is 32.1. The lowest BCUT2D eigenvalue weighted by molar-refractivity contribution is -0.132. The van der Waals surface area contributed by atoms with Gasteiger partial charge in [0.05, 0.1) is 6.42 Å². The molecule has 1 unspecified atom stereocenters.